The Bertz CT molecular complexity index is 2520. The average molecular weight is 631 g/mol. The van der Waals surface area contributed by atoms with Crippen LogP contribution in [-0.2, 0) is 0 Å². The number of aromatic nitrogens is 6. The maximum Gasteiger partial charge on any atom is 0.178 e. The minimum atomic E-state index is 0.590. The first-order valence-corrected chi connectivity index (χ1v) is 16.1. The monoisotopic (exact) mass is 630 g/mol. The summed E-state index contributed by atoms with van der Waals surface area (Å²) in [7, 11) is 0. The van der Waals surface area contributed by atoms with E-state index in [-0.39, 0.29) is 0 Å². The van der Waals surface area contributed by atoms with Crippen LogP contribution in [-0.4, -0.2) is 29.9 Å². The van der Waals surface area contributed by atoms with Crippen molar-refractivity contribution in [2.75, 3.05) is 0 Å². The molecule has 0 aliphatic heterocycles. The smallest absolute Gasteiger partial charge is 0.178 e. The molecular formula is C43H30N6. The molecule has 4 heterocycles. The Kier molecular flexibility index (Phi) is 8.02. The van der Waals surface area contributed by atoms with Gasteiger partial charge in [-0.2, -0.15) is 0 Å². The first-order valence-electron chi connectivity index (χ1n) is 16.1. The summed E-state index contributed by atoms with van der Waals surface area (Å²) < 4.78 is 0. The van der Waals surface area contributed by atoms with Gasteiger partial charge in [0.05, 0.1) is 22.4 Å². The van der Waals surface area contributed by atoms with Gasteiger partial charge in [0.2, 0.25) is 0 Å². The Labute approximate surface area is 284 Å². The van der Waals surface area contributed by atoms with Crippen LogP contribution in [0.1, 0.15) is 28.1 Å². The van der Waals surface area contributed by atoms with E-state index in [1.165, 1.54) is 0 Å². The summed E-state index contributed by atoms with van der Waals surface area (Å²) in [6.45, 7) is 2.12. The van der Waals surface area contributed by atoms with Crippen LogP contribution < -0.4 is 0 Å². The van der Waals surface area contributed by atoms with E-state index in [1.54, 1.807) is 0 Å². The molecule has 0 saturated carbocycles. The van der Waals surface area contributed by atoms with Crippen molar-refractivity contribution in [2.24, 2.45) is 0 Å². The van der Waals surface area contributed by atoms with Gasteiger partial charge in [-0.05, 0) is 83.3 Å². The highest BCUT2D eigenvalue weighted by molar-refractivity contribution is 5.83. The SMILES string of the molecule is Cc1c(-c2cccc(C=Cc3cccc(-c4ncc5ccccc5n4)n3)c2)cc(-c2ncc3ccccc3n2)nc1C=Cc1ccccc1. The third-order valence-electron chi connectivity index (χ3n) is 8.39. The van der Waals surface area contributed by atoms with Gasteiger partial charge in [0.15, 0.2) is 11.6 Å². The molecule has 0 aliphatic carbocycles. The lowest BCUT2D eigenvalue weighted by molar-refractivity contribution is 1.15. The molecule has 0 radical (unpaired) electrons. The van der Waals surface area contributed by atoms with Crippen LogP contribution in [0.5, 0.6) is 0 Å². The lowest BCUT2D eigenvalue weighted by Crippen LogP contribution is -1.98. The van der Waals surface area contributed by atoms with Gasteiger partial charge < -0.3 is 0 Å². The van der Waals surface area contributed by atoms with Gasteiger partial charge in [-0.25, -0.2) is 29.9 Å². The molecule has 8 aromatic rings. The first-order chi connectivity index (χ1) is 24.2. The minimum Gasteiger partial charge on any atom is -0.245 e. The van der Waals surface area contributed by atoms with Gasteiger partial charge in [0, 0.05) is 23.2 Å². The van der Waals surface area contributed by atoms with Gasteiger partial charge in [0.25, 0.3) is 0 Å². The summed E-state index contributed by atoms with van der Waals surface area (Å²) in [6.07, 6.45) is 12.0. The number of rotatable bonds is 7. The Morgan fingerprint density at radius 2 is 1.10 bits per heavy atom. The van der Waals surface area contributed by atoms with Crippen LogP contribution in [0.3, 0.4) is 0 Å². The number of fused-ring (bicyclic) bond motifs is 2. The molecule has 0 bridgehead atoms. The third kappa shape index (κ3) is 6.48. The first kappa shape index (κ1) is 29.7. The van der Waals surface area contributed by atoms with Gasteiger partial charge in [-0.15, -0.1) is 0 Å². The van der Waals surface area contributed by atoms with E-state index in [2.05, 4.69) is 72.6 Å². The summed E-state index contributed by atoms with van der Waals surface area (Å²) in [5, 5.41) is 2.00. The van der Waals surface area contributed by atoms with E-state index >= 15 is 0 Å². The van der Waals surface area contributed by atoms with Crippen molar-refractivity contribution in [1.29, 1.82) is 0 Å². The molecule has 0 N–H and O–H groups in total. The lowest BCUT2D eigenvalue weighted by Gasteiger charge is -2.13. The van der Waals surface area contributed by atoms with E-state index in [1.807, 2.05) is 103 Å². The molecule has 49 heavy (non-hydrogen) atoms. The lowest BCUT2D eigenvalue weighted by atomic mass is 9.96. The molecule has 0 spiro atoms. The van der Waals surface area contributed by atoms with Crippen molar-refractivity contribution in [3.05, 3.63) is 168 Å². The Hall–Kier alpha value is -6.66. The fourth-order valence-electron chi connectivity index (χ4n) is 5.80. The molecule has 0 fully saturated rings. The largest absolute Gasteiger partial charge is 0.245 e. The molecule has 6 heteroatoms. The second kappa shape index (κ2) is 13.2. The van der Waals surface area contributed by atoms with Crippen LogP contribution in [0, 0.1) is 6.92 Å². The normalized spacial score (nSPS) is 11.6. The van der Waals surface area contributed by atoms with Crippen molar-refractivity contribution >= 4 is 46.1 Å². The maximum atomic E-state index is 5.05. The second-order valence-electron chi connectivity index (χ2n) is 11.7. The topological polar surface area (TPSA) is 77.3 Å². The van der Waals surface area contributed by atoms with Crippen LogP contribution in [0.25, 0.3) is 80.3 Å². The quantitative estimate of drug-likeness (QED) is 0.174. The van der Waals surface area contributed by atoms with Gasteiger partial charge >= 0.3 is 0 Å². The van der Waals surface area contributed by atoms with E-state index in [4.69, 9.17) is 24.9 Å². The fourth-order valence-corrected chi connectivity index (χ4v) is 5.80. The maximum absolute atomic E-state index is 5.05. The summed E-state index contributed by atoms with van der Waals surface area (Å²) in [6, 6.07) is 42.7. The van der Waals surface area contributed by atoms with Crippen molar-refractivity contribution < 1.29 is 0 Å². The van der Waals surface area contributed by atoms with Gasteiger partial charge in [0.1, 0.15) is 11.4 Å². The van der Waals surface area contributed by atoms with Crippen molar-refractivity contribution in [3.8, 4) is 34.2 Å². The second-order valence-corrected chi connectivity index (χ2v) is 11.7. The molecular weight excluding hydrogens is 601 g/mol. The summed E-state index contributed by atoms with van der Waals surface area (Å²) in [5.74, 6) is 1.19. The summed E-state index contributed by atoms with van der Waals surface area (Å²) in [5.41, 5.74) is 10.3. The number of para-hydroxylation sites is 2. The number of nitrogens with zero attached hydrogens (tertiary/aromatic N) is 6. The highest BCUT2D eigenvalue weighted by atomic mass is 14.9. The predicted molar refractivity (Wildman–Crippen MR) is 200 cm³/mol. The molecule has 6 nitrogen and oxygen atoms in total. The highest BCUT2D eigenvalue weighted by Gasteiger charge is 2.14. The molecule has 8 rings (SSSR count). The van der Waals surface area contributed by atoms with Gasteiger partial charge in [-0.1, -0.05) is 103 Å². The fraction of sp³-hybridized carbons (Fsp3) is 0.0233. The third-order valence-corrected chi connectivity index (χ3v) is 8.39. The zero-order valence-electron chi connectivity index (χ0n) is 26.8. The van der Waals surface area contributed by atoms with Gasteiger partial charge in [-0.3, -0.25) is 0 Å². The molecule has 0 atom stereocenters. The summed E-state index contributed by atoms with van der Waals surface area (Å²) >= 11 is 0. The Morgan fingerprint density at radius 1 is 0.469 bits per heavy atom. The molecule has 4 aromatic carbocycles. The molecule has 0 aliphatic rings. The minimum absolute atomic E-state index is 0.590. The molecule has 4 aromatic heterocycles. The number of pyridine rings is 2. The average Bonchev–Trinajstić information content (AvgIpc) is 3.17. The molecule has 0 unspecified atom stereocenters. The van der Waals surface area contributed by atoms with E-state index in [0.29, 0.717) is 11.6 Å². The zero-order valence-corrected chi connectivity index (χ0v) is 26.8. The Balaban J connectivity index is 1.15. The van der Waals surface area contributed by atoms with E-state index < -0.39 is 0 Å². The summed E-state index contributed by atoms with van der Waals surface area (Å²) in [4.78, 5) is 28.7. The molecule has 0 saturated heterocycles. The van der Waals surface area contributed by atoms with Crippen molar-refractivity contribution in [2.45, 2.75) is 6.92 Å². The standard InChI is InChI=1S/C43H30N6/c1-29-36(26-41(43-45-28-34-15-6-8-19-39(34)49-43)47-37(29)24-22-30-11-3-2-4-12-30)32-16-9-13-31(25-32)21-23-35-17-10-20-40(46-35)42-44-27-33-14-5-7-18-38(33)48-42/h2-28H,1H3. The van der Waals surface area contributed by atoms with Crippen molar-refractivity contribution in [1.82, 2.24) is 29.9 Å². The van der Waals surface area contributed by atoms with Crippen LogP contribution in [0.4, 0.5) is 0 Å². The van der Waals surface area contributed by atoms with Crippen LogP contribution in [0.15, 0.2) is 140 Å². The zero-order chi connectivity index (χ0) is 33.0. The molecule has 0 amide bonds. The predicted octanol–water partition coefficient (Wildman–Crippen LogP) is 10.0. The molecule has 232 valence electrons. The van der Waals surface area contributed by atoms with Crippen LogP contribution >= 0.6 is 0 Å². The van der Waals surface area contributed by atoms with E-state index in [0.717, 1.165) is 72.4 Å². The number of benzene rings is 4. The number of hydrogen-bond acceptors (Lipinski definition) is 6. The van der Waals surface area contributed by atoms with Crippen LogP contribution in [0.2, 0.25) is 0 Å². The van der Waals surface area contributed by atoms with Crippen molar-refractivity contribution in [3.63, 3.8) is 0 Å². The Morgan fingerprint density at radius 3 is 1.86 bits per heavy atom. The highest BCUT2D eigenvalue weighted by Crippen LogP contribution is 2.31. The number of hydrogen-bond donors (Lipinski definition) is 0. The van der Waals surface area contributed by atoms with E-state index in [9.17, 15) is 0 Å².